The lowest BCUT2D eigenvalue weighted by Gasteiger charge is -2.46. The highest BCUT2D eigenvalue weighted by atomic mass is 32.2. The minimum Gasteiger partial charge on any atom is -0.497 e. The van der Waals surface area contributed by atoms with E-state index < -0.39 is 12.2 Å². The number of aliphatic hydroxyl groups excluding tert-OH is 2. The third-order valence-corrected chi connectivity index (χ3v) is 26.9. The predicted octanol–water partition coefficient (Wildman–Crippen LogP) is 12.3. The van der Waals surface area contributed by atoms with Gasteiger partial charge in [0.05, 0.1) is 93.5 Å². The molecule has 16 rings (SSSR count). The van der Waals surface area contributed by atoms with E-state index in [4.69, 9.17) is 47.4 Å². The number of thioether (sulfide) groups is 2. The van der Waals surface area contributed by atoms with Crippen LogP contribution in [0.4, 0.5) is 0 Å². The first kappa shape index (κ1) is 73.7. The summed E-state index contributed by atoms with van der Waals surface area (Å²) >= 11 is 2.60. The molecule has 0 spiro atoms. The van der Waals surface area contributed by atoms with Crippen LogP contribution in [0.3, 0.4) is 0 Å². The summed E-state index contributed by atoms with van der Waals surface area (Å²) in [5, 5.41) is 21.6. The average Bonchev–Trinajstić information content (AvgIpc) is 1.56. The fourth-order valence-electron chi connectivity index (χ4n) is 18.4. The Bertz CT molecular complexity index is 3590. The van der Waals surface area contributed by atoms with Crippen molar-refractivity contribution < 1.29 is 67.2 Å². The highest BCUT2D eigenvalue weighted by molar-refractivity contribution is 8.15. The number of fused-ring (bicyclic) bond motifs is 8. The minimum absolute atomic E-state index is 0.0263. The number of nitrogens with zero attached hydrogens (tertiary/aromatic N) is 4. The summed E-state index contributed by atoms with van der Waals surface area (Å²) in [7, 11) is 22.2. The number of carbonyl (C=O) groups excluding carboxylic acids is 2. The van der Waals surface area contributed by atoms with E-state index in [1.807, 2.05) is 121 Å². The number of benzene rings is 6. The summed E-state index contributed by atoms with van der Waals surface area (Å²) in [6.07, 6.45) is 10.4. The highest BCUT2D eigenvalue weighted by Gasteiger charge is 2.64. The van der Waals surface area contributed by atoms with Gasteiger partial charge in [0.2, 0.25) is 10.2 Å². The Morgan fingerprint density at radius 2 is 0.637 bits per heavy atom. The maximum Gasteiger partial charge on any atom is 0.219 e. The average molecular weight is 1430 g/mol. The molecular formula is C82H104N4O14S2. The van der Waals surface area contributed by atoms with Crippen LogP contribution < -0.4 is 37.9 Å². The molecule has 6 aromatic carbocycles. The Labute approximate surface area is 611 Å². The zero-order chi connectivity index (χ0) is 71.6. The molecule has 18 nitrogen and oxygen atoms in total. The topological polar surface area (TPSA) is 186 Å². The van der Waals surface area contributed by atoms with Gasteiger partial charge in [-0.25, -0.2) is 0 Å². The summed E-state index contributed by atoms with van der Waals surface area (Å²) in [5.74, 6) is 11.5. The molecule has 20 atom stereocenters. The van der Waals surface area contributed by atoms with Gasteiger partial charge in [-0.1, -0.05) is 108 Å². The standard InChI is InChI=1S/2C24H29NO4S.2C17H23NO3/c2*1-25(14-16-9-10-17(28-2)11-21(16)29-3)20-12-19-18(20)13-22(23(19)26)30-24(27)15-7-5-4-6-8-15;2*1-18(14-7-13-12(14)8-16-17(13)21-16)9-10-4-5-11(19-2)6-15(10)20-3/h2*4-11,18-20,22-23,26H,12-14H2,1-3H3;2*4-6,12-14,16-17H,7-9H2,1-3H3/t2*18-,19-,20+,22+,23+;2*12-,13-,14+,16-,17+/m1010/s1. The molecule has 10 fully saturated rings. The first-order chi connectivity index (χ1) is 49.4. The van der Waals surface area contributed by atoms with Crippen LogP contribution in [0.5, 0.6) is 46.0 Å². The zero-order valence-corrected chi connectivity index (χ0v) is 62.8. The van der Waals surface area contributed by atoms with Crippen LogP contribution in [-0.2, 0) is 35.7 Å². The smallest absolute Gasteiger partial charge is 0.219 e. The monoisotopic (exact) mass is 1430 g/mol. The molecule has 548 valence electrons. The number of aliphatic hydroxyl groups is 2. The van der Waals surface area contributed by atoms with Crippen molar-refractivity contribution in [3.63, 3.8) is 0 Å². The van der Waals surface area contributed by atoms with Crippen molar-refractivity contribution in [1.29, 1.82) is 0 Å². The second kappa shape index (κ2) is 32.4. The normalized spacial score (nSPS) is 30.9. The van der Waals surface area contributed by atoms with Crippen molar-refractivity contribution in [1.82, 2.24) is 19.6 Å². The number of methoxy groups -OCH3 is 8. The molecule has 0 radical (unpaired) electrons. The molecule has 0 unspecified atom stereocenters. The Kier molecular flexibility index (Phi) is 23.4. The Balaban J connectivity index is 0.000000123. The number of ether oxygens (including phenoxy) is 10. The van der Waals surface area contributed by atoms with Crippen LogP contribution in [0.1, 0.15) is 94.3 Å². The number of carbonyl (C=O) groups is 2. The molecule has 0 bridgehead atoms. The Morgan fingerprint density at radius 1 is 0.363 bits per heavy atom. The Hall–Kier alpha value is -6.56. The molecule has 6 aromatic rings. The molecular weight excluding hydrogens is 1330 g/mol. The van der Waals surface area contributed by atoms with Crippen LogP contribution in [0, 0.1) is 47.3 Å². The molecule has 2 heterocycles. The van der Waals surface area contributed by atoms with Gasteiger partial charge in [-0.3, -0.25) is 29.2 Å². The van der Waals surface area contributed by atoms with Crippen molar-refractivity contribution in [3.05, 3.63) is 167 Å². The zero-order valence-electron chi connectivity index (χ0n) is 61.1. The van der Waals surface area contributed by atoms with Crippen LogP contribution in [0.25, 0.3) is 0 Å². The molecule has 2 saturated heterocycles. The summed E-state index contributed by atoms with van der Waals surface area (Å²) in [6.45, 7) is 3.41. The maximum atomic E-state index is 12.6. The SMILES string of the molecule is COc1ccc(CN(C)[C@@H]2C[C@@H]3[C@@H](O)[C@H](SC(=O)c4ccccc4)C[C@@H]32)c(OC)c1.COc1ccc(CN(C)[C@@H]2C[C@H]3[C@@H]2C[C@@H]2O[C@H]32)c(OC)c1.COc1ccc(CN(C)[C@H]2C[C@@H]3[C@H]2C[C@H]2O[C@@H]32)c(OC)c1.COc1ccc(CN(C)[C@H]2C[C@H]3[C@H](O)[C@@H](SC(=O)c4ccccc4)C[C@H]32)c(OC)c1. The predicted molar refractivity (Wildman–Crippen MR) is 398 cm³/mol. The minimum atomic E-state index is -0.409. The van der Waals surface area contributed by atoms with E-state index in [-0.39, 0.29) is 32.6 Å². The van der Waals surface area contributed by atoms with Gasteiger partial charge in [-0.2, -0.15) is 0 Å². The number of hydrogen-bond donors (Lipinski definition) is 2. The van der Waals surface area contributed by atoms with Gasteiger partial charge in [0.15, 0.2) is 0 Å². The van der Waals surface area contributed by atoms with Crippen LogP contribution in [0.2, 0.25) is 0 Å². The Morgan fingerprint density at radius 3 is 0.902 bits per heavy atom. The maximum absolute atomic E-state index is 12.6. The first-order valence-corrected chi connectivity index (χ1v) is 38.0. The van der Waals surface area contributed by atoms with Gasteiger partial charge in [0.25, 0.3) is 0 Å². The first-order valence-electron chi connectivity index (χ1n) is 36.3. The fourth-order valence-corrected chi connectivity index (χ4v) is 20.8. The van der Waals surface area contributed by atoms with E-state index in [0.717, 1.165) is 133 Å². The second-order valence-electron chi connectivity index (χ2n) is 29.7. The molecule has 8 saturated carbocycles. The van der Waals surface area contributed by atoms with Gasteiger partial charge in [-0.05, 0) is 151 Å². The lowest BCUT2D eigenvalue weighted by molar-refractivity contribution is -0.0142. The van der Waals surface area contributed by atoms with Crippen molar-refractivity contribution in [3.8, 4) is 46.0 Å². The molecule has 0 amide bonds. The molecule has 20 heteroatoms. The van der Waals surface area contributed by atoms with Gasteiger partial charge >= 0.3 is 0 Å². The molecule has 102 heavy (non-hydrogen) atoms. The summed E-state index contributed by atoms with van der Waals surface area (Å²) < 4.78 is 54.5. The van der Waals surface area contributed by atoms with E-state index in [1.165, 1.54) is 60.3 Å². The largest absolute Gasteiger partial charge is 0.497 e. The molecule has 8 aliphatic carbocycles. The van der Waals surface area contributed by atoms with Crippen molar-refractivity contribution in [2.45, 2.75) is 149 Å². The van der Waals surface area contributed by atoms with Crippen molar-refractivity contribution in [2.75, 3.05) is 85.1 Å². The third kappa shape index (κ3) is 15.7. The van der Waals surface area contributed by atoms with E-state index in [9.17, 15) is 19.8 Å². The van der Waals surface area contributed by atoms with Gasteiger partial charge in [0, 0.05) is 118 Å². The summed E-state index contributed by atoms with van der Waals surface area (Å²) in [6, 6.07) is 44.9. The van der Waals surface area contributed by atoms with E-state index in [2.05, 4.69) is 59.9 Å². The molecule has 2 N–H and O–H groups in total. The second-order valence-corrected chi connectivity index (χ2v) is 32.1. The lowest BCUT2D eigenvalue weighted by Crippen LogP contribution is -2.51. The molecule has 0 aromatic heterocycles. The van der Waals surface area contributed by atoms with Crippen LogP contribution in [-0.4, -0.2) is 196 Å². The molecule has 10 aliphatic rings. The fraction of sp³-hybridized carbons (Fsp3) is 0.537. The van der Waals surface area contributed by atoms with Gasteiger partial charge < -0.3 is 57.6 Å². The van der Waals surface area contributed by atoms with E-state index in [0.29, 0.717) is 71.5 Å². The van der Waals surface area contributed by atoms with Crippen molar-refractivity contribution >= 4 is 33.8 Å². The van der Waals surface area contributed by atoms with Gasteiger partial charge in [-0.15, -0.1) is 0 Å². The van der Waals surface area contributed by atoms with Gasteiger partial charge in [0.1, 0.15) is 46.0 Å². The summed E-state index contributed by atoms with van der Waals surface area (Å²) in [5.41, 5.74) is 6.09. The van der Waals surface area contributed by atoms with Crippen molar-refractivity contribution in [2.24, 2.45) is 47.3 Å². The highest BCUT2D eigenvalue weighted by Crippen LogP contribution is 2.60. The van der Waals surface area contributed by atoms with E-state index in [1.54, 1.807) is 56.9 Å². The number of hydrogen-bond acceptors (Lipinski definition) is 20. The quantitative estimate of drug-likeness (QED) is 0.0544. The van der Waals surface area contributed by atoms with Crippen LogP contribution >= 0.6 is 23.5 Å². The molecule has 2 aliphatic heterocycles. The number of rotatable bonds is 24. The lowest BCUT2D eigenvalue weighted by atomic mass is 9.70. The number of epoxide rings is 2. The summed E-state index contributed by atoms with van der Waals surface area (Å²) in [4.78, 5) is 34.8. The van der Waals surface area contributed by atoms with Crippen LogP contribution in [0.15, 0.2) is 133 Å². The van der Waals surface area contributed by atoms with E-state index >= 15 is 0 Å². The third-order valence-electron chi connectivity index (χ3n) is 24.4.